The summed E-state index contributed by atoms with van der Waals surface area (Å²) >= 11 is 0. The normalized spacial score (nSPS) is 14.5. The van der Waals surface area contributed by atoms with Crippen LogP contribution in [0, 0.1) is 5.92 Å². The SMILES string of the molecule is COCCOCC(=O)NCCCC[C@H](NC(=O)CCCN1C(=O)C=CC1=O)C(=O)Nc1cc(C[C@H](N)CC(C)C(=O)O)ccc1O. The molecule has 7 N–H and O–H groups in total. The van der Waals surface area contributed by atoms with Crippen molar-refractivity contribution in [1.29, 1.82) is 0 Å². The number of carbonyl (C=O) groups is 6. The Hall–Kier alpha value is -4.34. The molecule has 3 atom stereocenters. The lowest BCUT2D eigenvalue weighted by atomic mass is 9.96. The molecule has 254 valence electrons. The summed E-state index contributed by atoms with van der Waals surface area (Å²) in [7, 11) is 1.53. The van der Waals surface area contributed by atoms with Gasteiger partial charge in [0.05, 0.1) is 24.8 Å². The van der Waals surface area contributed by atoms with Crippen LogP contribution in [0.3, 0.4) is 0 Å². The molecule has 1 heterocycles. The predicted octanol–water partition coefficient (Wildman–Crippen LogP) is 0.451. The number of nitrogens with zero attached hydrogens (tertiary/aromatic N) is 1. The summed E-state index contributed by atoms with van der Waals surface area (Å²) in [4.78, 5) is 73.7. The molecule has 1 aliphatic rings. The number of hydrogen-bond donors (Lipinski definition) is 6. The fourth-order valence-electron chi connectivity index (χ4n) is 4.62. The van der Waals surface area contributed by atoms with E-state index in [0.717, 1.165) is 17.1 Å². The number of amides is 5. The molecule has 0 aliphatic carbocycles. The predicted molar refractivity (Wildman–Crippen MR) is 166 cm³/mol. The van der Waals surface area contributed by atoms with Crippen LogP contribution < -0.4 is 21.7 Å². The molecule has 0 radical (unpaired) electrons. The van der Waals surface area contributed by atoms with Gasteiger partial charge in [-0.1, -0.05) is 13.0 Å². The van der Waals surface area contributed by atoms with Gasteiger partial charge in [0.25, 0.3) is 11.8 Å². The summed E-state index contributed by atoms with van der Waals surface area (Å²) in [6, 6.07) is 3.09. The fourth-order valence-corrected chi connectivity index (χ4v) is 4.62. The molecule has 1 aromatic carbocycles. The van der Waals surface area contributed by atoms with Crippen molar-refractivity contribution < 1.29 is 48.5 Å². The Labute approximate surface area is 267 Å². The Balaban J connectivity index is 1.99. The maximum Gasteiger partial charge on any atom is 0.306 e. The average Bonchev–Trinajstić information content (AvgIpc) is 3.32. The highest BCUT2D eigenvalue weighted by molar-refractivity contribution is 6.12. The van der Waals surface area contributed by atoms with E-state index in [0.29, 0.717) is 38.0 Å². The largest absolute Gasteiger partial charge is 0.506 e. The number of imide groups is 1. The van der Waals surface area contributed by atoms with Crippen molar-refractivity contribution in [3.63, 3.8) is 0 Å². The highest BCUT2D eigenvalue weighted by Crippen LogP contribution is 2.26. The van der Waals surface area contributed by atoms with Crippen LogP contribution in [-0.4, -0.2) is 103 Å². The zero-order chi connectivity index (χ0) is 34.1. The number of ether oxygens (including phenoxy) is 2. The summed E-state index contributed by atoms with van der Waals surface area (Å²) in [5.41, 5.74) is 6.89. The summed E-state index contributed by atoms with van der Waals surface area (Å²) in [5.74, 6) is -4.04. The second-order valence-corrected chi connectivity index (χ2v) is 11.1. The van der Waals surface area contributed by atoms with Crippen LogP contribution in [0.5, 0.6) is 5.75 Å². The number of carboxylic acid groups (broad SMARTS) is 1. The number of hydrogen-bond acceptors (Lipinski definition) is 10. The van der Waals surface area contributed by atoms with Crippen molar-refractivity contribution in [1.82, 2.24) is 15.5 Å². The van der Waals surface area contributed by atoms with Crippen molar-refractivity contribution in [3.05, 3.63) is 35.9 Å². The van der Waals surface area contributed by atoms with Gasteiger partial charge in [-0.3, -0.25) is 33.7 Å². The van der Waals surface area contributed by atoms with Gasteiger partial charge in [0.15, 0.2) is 0 Å². The van der Waals surface area contributed by atoms with Crippen molar-refractivity contribution in [3.8, 4) is 5.75 Å². The molecule has 0 spiro atoms. The van der Waals surface area contributed by atoms with E-state index in [1.807, 2.05) is 0 Å². The molecular formula is C31H45N5O10. The Morgan fingerprint density at radius 2 is 1.74 bits per heavy atom. The molecule has 0 saturated carbocycles. The van der Waals surface area contributed by atoms with Gasteiger partial charge in [0, 0.05) is 44.8 Å². The molecule has 5 amide bonds. The molecule has 2 rings (SSSR count). The van der Waals surface area contributed by atoms with Gasteiger partial charge in [0.1, 0.15) is 18.4 Å². The van der Waals surface area contributed by atoms with E-state index in [-0.39, 0.29) is 62.8 Å². The summed E-state index contributed by atoms with van der Waals surface area (Å²) in [6.07, 6.45) is 4.18. The molecule has 15 heteroatoms. The third kappa shape index (κ3) is 13.7. The van der Waals surface area contributed by atoms with Crippen LogP contribution in [0.15, 0.2) is 30.4 Å². The van der Waals surface area contributed by atoms with Crippen molar-refractivity contribution in [2.75, 3.05) is 45.3 Å². The van der Waals surface area contributed by atoms with Gasteiger partial charge in [0.2, 0.25) is 17.7 Å². The van der Waals surface area contributed by atoms with E-state index in [2.05, 4.69) is 16.0 Å². The molecular weight excluding hydrogens is 602 g/mol. The Bertz CT molecular complexity index is 1240. The zero-order valence-electron chi connectivity index (χ0n) is 26.3. The smallest absolute Gasteiger partial charge is 0.306 e. The number of aromatic hydroxyl groups is 1. The Kier molecular flexibility index (Phi) is 16.4. The molecule has 15 nitrogen and oxygen atoms in total. The van der Waals surface area contributed by atoms with Gasteiger partial charge in [-0.25, -0.2) is 0 Å². The van der Waals surface area contributed by atoms with Crippen LogP contribution in [0.4, 0.5) is 5.69 Å². The fraction of sp³-hybridized carbons (Fsp3) is 0.548. The zero-order valence-corrected chi connectivity index (χ0v) is 26.3. The van der Waals surface area contributed by atoms with Crippen LogP contribution >= 0.6 is 0 Å². The third-order valence-electron chi connectivity index (χ3n) is 7.14. The number of nitrogens with one attached hydrogen (secondary N) is 3. The summed E-state index contributed by atoms with van der Waals surface area (Å²) in [5, 5.41) is 27.6. The highest BCUT2D eigenvalue weighted by atomic mass is 16.5. The second-order valence-electron chi connectivity index (χ2n) is 11.1. The first kappa shape index (κ1) is 37.8. The number of phenolic OH excluding ortho intramolecular Hbond substituents is 1. The van der Waals surface area contributed by atoms with E-state index >= 15 is 0 Å². The van der Waals surface area contributed by atoms with Crippen LogP contribution in [0.1, 0.15) is 51.0 Å². The van der Waals surface area contributed by atoms with E-state index < -0.39 is 47.6 Å². The lowest BCUT2D eigenvalue weighted by molar-refractivity contribution is -0.141. The van der Waals surface area contributed by atoms with E-state index in [1.165, 1.54) is 13.2 Å². The van der Waals surface area contributed by atoms with Gasteiger partial charge in [-0.15, -0.1) is 0 Å². The van der Waals surface area contributed by atoms with Crippen molar-refractivity contribution >= 4 is 41.2 Å². The second kappa shape index (κ2) is 19.9. The first-order chi connectivity index (χ1) is 21.9. The lowest BCUT2D eigenvalue weighted by Crippen LogP contribution is -2.44. The third-order valence-corrected chi connectivity index (χ3v) is 7.14. The number of carbonyl (C=O) groups excluding carboxylic acids is 5. The monoisotopic (exact) mass is 647 g/mol. The first-order valence-corrected chi connectivity index (χ1v) is 15.2. The van der Waals surface area contributed by atoms with Gasteiger partial charge in [-0.2, -0.15) is 0 Å². The summed E-state index contributed by atoms with van der Waals surface area (Å²) in [6.45, 7) is 2.49. The number of methoxy groups -OCH3 is 1. The minimum Gasteiger partial charge on any atom is -0.506 e. The maximum absolute atomic E-state index is 13.3. The molecule has 0 bridgehead atoms. The molecule has 1 aliphatic heterocycles. The minimum absolute atomic E-state index is 0.0483. The van der Waals surface area contributed by atoms with Gasteiger partial charge >= 0.3 is 5.97 Å². The molecule has 46 heavy (non-hydrogen) atoms. The Morgan fingerprint density at radius 3 is 2.41 bits per heavy atom. The maximum atomic E-state index is 13.3. The van der Waals surface area contributed by atoms with Crippen LogP contribution in [-0.2, 0) is 44.7 Å². The average molecular weight is 648 g/mol. The highest BCUT2D eigenvalue weighted by Gasteiger charge is 2.25. The van der Waals surface area contributed by atoms with E-state index in [4.69, 9.17) is 20.3 Å². The van der Waals surface area contributed by atoms with Crippen molar-refractivity contribution in [2.45, 2.75) is 64.0 Å². The topological polar surface area (TPSA) is 227 Å². The standard InChI is InChI=1S/C31H45N5O10/c1-20(31(43)44)16-22(32)17-21-8-9-25(37)24(18-21)35-30(42)23(6-3-4-12-33-27(39)19-46-15-14-45-2)34-26(38)7-5-13-36-28(40)10-11-29(36)41/h8-11,18,20,22-23,37H,3-7,12-17,19,32H2,1-2H3,(H,33,39)(H,34,38)(H,35,42)(H,43,44)/t20?,22-,23+/m1/s1. The molecule has 0 fully saturated rings. The lowest BCUT2D eigenvalue weighted by Gasteiger charge is -2.20. The number of anilines is 1. The molecule has 0 saturated heterocycles. The number of aliphatic carboxylic acids is 1. The number of phenols is 1. The van der Waals surface area contributed by atoms with Crippen molar-refractivity contribution in [2.24, 2.45) is 11.7 Å². The minimum atomic E-state index is -1.00. The van der Waals surface area contributed by atoms with Crippen LogP contribution in [0.2, 0.25) is 0 Å². The number of carboxylic acids is 1. The molecule has 1 unspecified atom stereocenters. The molecule has 1 aromatic rings. The number of rotatable bonds is 22. The Morgan fingerprint density at radius 1 is 1.02 bits per heavy atom. The van der Waals surface area contributed by atoms with E-state index in [9.17, 15) is 33.9 Å². The van der Waals surface area contributed by atoms with E-state index in [1.54, 1.807) is 19.1 Å². The van der Waals surface area contributed by atoms with Gasteiger partial charge in [-0.05, 0) is 56.2 Å². The number of nitrogens with two attached hydrogens (primary N) is 1. The van der Waals surface area contributed by atoms with Crippen LogP contribution in [0.25, 0.3) is 0 Å². The quantitative estimate of drug-likeness (QED) is 0.0575. The number of benzene rings is 1. The van der Waals surface area contributed by atoms with Gasteiger partial charge < -0.3 is 41.4 Å². The number of unbranched alkanes of at least 4 members (excludes halogenated alkanes) is 1. The first-order valence-electron chi connectivity index (χ1n) is 15.2. The summed E-state index contributed by atoms with van der Waals surface area (Å²) < 4.78 is 10.0. The molecule has 0 aromatic heterocycles.